The van der Waals surface area contributed by atoms with Crippen LogP contribution < -0.4 is 5.32 Å². The van der Waals surface area contributed by atoms with Crippen LogP contribution in [0.4, 0.5) is 0 Å². The summed E-state index contributed by atoms with van der Waals surface area (Å²) in [5, 5.41) is 2.58. The zero-order valence-electron chi connectivity index (χ0n) is 17.7. The second kappa shape index (κ2) is 9.89. The van der Waals surface area contributed by atoms with Crippen LogP contribution in [-0.2, 0) is 19.6 Å². The first-order valence-corrected chi connectivity index (χ1v) is 11.6. The van der Waals surface area contributed by atoms with Crippen LogP contribution in [0.1, 0.15) is 16.7 Å². The van der Waals surface area contributed by atoms with Crippen LogP contribution in [0.15, 0.2) is 59.5 Å². The van der Waals surface area contributed by atoms with E-state index in [1.807, 2.05) is 43.3 Å². The number of nitrogens with zero attached hydrogens (tertiary/aromatic N) is 2. The minimum absolute atomic E-state index is 0.123. The van der Waals surface area contributed by atoms with Gasteiger partial charge in [0, 0.05) is 32.3 Å². The van der Waals surface area contributed by atoms with Crippen LogP contribution in [0.5, 0.6) is 0 Å². The van der Waals surface area contributed by atoms with Gasteiger partial charge in [-0.15, -0.1) is 0 Å². The third kappa shape index (κ3) is 5.80. The lowest BCUT2D eigenvalue weighted by atomic mass is 10.2. The van der Waals surface area contributed by atoms with Crippen molar-refractivity contribution in [1.82, 2.24) is 14.5 Å². The van der Waals surface area contributed by atoms with E-state index in [0.29, 0.717) is 23.5 Å². The number of piperazine rings is 1. The number of sulfonamides is 1. The van der Waals surface area contributed by atoms with Gasteiger partial charge in [0.1, 0.15) is 0 Å². The third-order valence-electron chi connectivity index (χ3n) is 5.19. The molecule has 1 aliphatic heterocycles. The minimum atomic E-state index is -3.61. The molecule has 0 aliphatic carbocycles. The Morgan fingerprint density at radius 3 is 2.35 bits per heavy atom. The predicted molar refractivity (Wildman–Crippen MR) is 120 cm³/mol. The maximum Gasteiger partial charge on any atom is 0.244 e. The SMILES string of the molecule is Cc1ccc(C)c(S(=O)(=O)N2CCN(C(=O)CNC(=O)C=Cc3ccccc3)CC2)c1. The quantitative estimate of drug-likeness (QED) is 0.695. The number of carbonyl (C=O) groups excluding carboxylic acids is 2. The molecule has 0 spiro atoms. The molecule has 0 unspecified atom stereocenters. The fourth-order valence-corrected chi connectivity index (χ4v) is 5.10. The molecule has 2 amide bonds. The number of aryl methyl sites for hydroxylation is 2. The van der Waals surface area contributed by atoms with E-state index in [9.17, 15) is 18.0 Å². The number of rotatable bonds is 6. The summed E-state index contributed by atoms with van der Waals surface area (Å²) < 4.78 is 27.4. The third-order valence-corrected chi connectivity index (χ3v) is 7.23. The van der Waals surface area contributed by atoms with E-state index in [1.54, 1.807) is 30.0 Å². The number of hydrogen-bond donors (Lipinski definition) is 1. The summed E-state index contributed by atoms with van der Waals surface area (Å²) >= 11 is 0. The van der Waals surface area contributed by atoms with E-state index in [4.69, 9.17) is 0 Å². The summed E-state index contributed by atoms with van der Waals surface area (Å²) in [5.74, 6) is -0.585. The van der Waals surface area contributed by atoms with Crippen LogP contribution >= 0.6 is 0 Å². The number of nitrogens with one attached hydrogen (secondary N) is 1. The molecule has 1 saturated heterocycles. The molecule has 0 bridgehead atoms. The Balaban J connectivity index is 1.51. The van der Waals surface area contributed by atoms with Crippen LogP contribution in [0.2, 0.25) is 0 Å². The fourth-order valence-electron chi connectivity index (χ4n) is 3.37. The molecule has 1 fully saturated rings. The Labute approximate surface area is 183 Å². The maximum absolute atomic E-state index is 13.0. The van der Waals surface area contributed by atoms with E-state index in [-0.39, 0.29) is 31.4 Å². The van der Waals surface area contributed by atoms with Crippen molar-refractivity contribution in [3.63, 3.8) is 0 Å². The molecule has 7 nitrogen and oxygen atoms in total. The molecule has 2 aromatic carbocycles. The van der Waals surface area contributed by atoms with Crippen LogP contribution in [0, 0.1) is 13.8 Å². The second-order valence-electron chi connectivity index (χ2n) is 7.52. The molecule has 3 rings (SSSR count). The Morgan fingerprint density at radius 1 is 1.00 bits per heavy atom. The van der Waals surface area contributed by atoms with Crippen molar-refractivity contribution in [2.75, 3.05) is 32.7 Å². The summed E-state index contributed by atoms with van der Waals surface area (Å²) in [6.07, 6.45) is 3.06. The molecule has 2 aromatic rings. The zero-order chi connectivity index (χ0) is 22.4. The highest BCUT2D eigenvalue weighted by atomic mass is 32.2. The van der Waals surface area contributed by atoms with Gasteiger partial charge < -0.3 is 10.2 Å². The van der Waals surface area contributed by atoms with Gasteiger partial charge in [-0.1, -0.05) is 42.5 Å². The van der Waals surface area contributed by atoms with Crippen molar-refractivity contribution in [2.45, 2.75) is 18.7 Å². The first kappa shape index (κ1) is 22.7. The Hall–Kier alpha value is -2.97. The minimum Gasteiger partial charge on any atom is -0.343 e. The number of benzene rings is 2. The van der Waals surface area contributed by atoms with Gasteiger partial charge in [0.2, 0.25) is 21.8 Å². The topological polar surface area (TPSA) is 86.8 Å². The van der Waals surface area contributed by atoms with Crippen molar-refractivity contribution in [3.05, 3.63) is 71.3 Å². The van der Waals surface area contributed by atoms with E-state index < -0.39 is 10.0 Å². The number of hydrogen-bond acceptors (Lipinski definition) is 4. The van der Waals surface area contributed by atoms with Crippen molar-refractivity contribution < 1.29 is 18.0 Å². The molecule has 0 radical (unpaired) electrons. The summed E-state index contributed by atoms with van der Waals surface area (Å²) in [5.41, 5.74) is 2.48. The largest absolute Gasteiger partial charge is 0.343 e. The second-order valence-corrected chi connectivity index (χ2v) is 9.42. The molecule has 1 heterocycles. The summed E-state index contributed by atoms with van der Waals surface area (Å²) in [6, 6.07) is 14.8. The van der Waals surface area contributed by atoms with Gasteiger partial charge in [-0.05, 0) is 42.7 Å². The van der Waals surface area contributed by atoms with Gasteiger partial charge in [-0.3, -0.25) is 9.59 Å². The van der Waals surface area contributed by atoms with Gasteiger partial charge in [0.25, 0.3) is 0 Å². The van der Waals surface area contributed by atoms with Gasteiger partial charge in [-0.25, -0.2) is 8.42 Å². The van der Waals surface area contributed by atoms with Crippen molar-refractivity contribution in [2.24, 2.45) is 0 Å². The van der Waals surface area contributed by atoms with Gasteiger partial charge in [-0.2, -0.15) is 4.31 Å². The molecule has 0 atom stereocenters. The van der Waals surface area contributed by atoms with E-state index >= 15 is 0 Å². The Morgan fingerprint density at radius 2 is 1.68 bits per heavy atom. The molecular formula is C23H27N3O4S. The maximum atomic E-state index is 13.0. The highest BCUT2D eigenvalue weighted by molar-refractivity contribution is 7.89. The van der Waals surface area contributed by atoms with E-state index in [0.717, 1.165) is 11.1 Å². The zero-order valence-corrected chi connectivity index (χ0v) is 18.6. The normalized spacial score (nSPS) is 15.2. The molecule has 0 saturated carbocycles. The average molecular weight is 442 g/mol. The predicted octanol–water partition coefficient (Wildman–Crippen LogP) is 1.97. The smallest absolute Gasteiger partial charge is 0.244 e. The first-order valence-electron chi connectivity index (χ1n) is 10.1. The standard InChI is InChI=1S/C23H27N3O4S/c1-18-8-9-19(2)21(16-18)31(29,30)26-14-12-25(13-15-26)23(28)17-24-22(27)11-10-20-6-4-3-5-7-20/h3-11,16H,12-15,17H2,1-2H3,(H,24,27). The van der Waals surface area contributed by atoms with Crippen LogP contribution in [0.25, 0.3) is 6.08 Å². The molecule has 0 aromatic heterocycles. The van der Waals surface area contributed by atoms with E-state index in [2.05, 4.69) is 5.32 Å². The first-order chi connectivity index (χ1) is 14.8. The molecule has 164 valence electrons. The lowest BCUT2D eigenvalue weighted by Crippen LogP contribution is -2.52. The number of amides is 2. The lowest BCUT2D eigenvalue weighted by molar-refractivity contribution is -0.133. The van der Waals surface area contributed by atoms with Crippen LogP contribution in [-0.4, -0.2) is 62.2 Å². The Kier molecular flexibility index (Phi) is 7.25. The van der Waals surface area contributed by atoms with Crippen molar-refractivity contribution >= 4 is 27.9 Å². The van der Waals surface area contributed by atoms with Gasteiger partial charge in [0.05, 0.1) is 11.4 Å². The van der Waals surface area contributed by atoms with Crippen molar-refractivity contribution in [3.8, 4) is 0 Å². The highest BCUT2D eigenvalue weighted by Crippen LogP contribution is 2.22. The molecule has 8 heteroatoms. The van der Waals surface area contributed by atoms with Gasteiger partial charge >= 0.3 is 0 Å². The number of carbonyl (C=O) groups is 2. The molecular weight excluding hydrogens is 414 g/mol. The Bertz CT molecular complexity index is 1070. The van der Waals surface area contributed by atoms with Crippen molar-refractivity contribution in [1.29, 1.82) is 0 Å². The van der Waals surface area contributed by atoms with Crippen LogP contribution in [0.3, 0.4) is 0 Å². The summed E-state index contributed by atoms with van der Waals surface area (Å²) in [4.78, 5) is 26.3. The van der Waals surface area contributed by atoms with Gasteiger partial charge in [0.15, 0.2) is 0 Å². The lowest BCUT2D eigenvalue weighted by Gasteiger charge is -2.34. The fraction of sp³-hybridized carbons (Fsp3) is 0.304. The van der Waals surface area contributed by atoms with E-state index in [1.165, 1.54) is 10.4 Å². The summed E-state index contributed by atoms with van der Waals surface area (Å²) in [6.45, 7) is 4.55. The molecule has 1 N–H and O–H groups in total. The average Bonchev–Trinajstić information content (AvgIpc) is 2.78. The summed E-state index contributed by atoms with van der Waals surface area (Å²) in [7, 11) is -3.61. The molecule has 1 aliphatic rings. The monoisotopic (exact) mass is 441 g/mol. The highest BCUT2D eigenvalue weighted by Gasteiger charge is 2.31. The molecule has 31 heavy (non-hydrogen) atoms.